The summed E-state index contributed by atoms with van der Waals surface area (Å²) in [6.07, 6.45) is 2.25. The van der Waals surface area contributed by atoms with Gasteiger partial charge in [-0.15, -0.1) is 0 Å². The molecule has 4 rings (SSSR count). The van der Waals surface area contributed by atoms with Crippen molar-refractivity contribution in [2.75, 3.05) is 20.2 Å². The van der Waals surface area contributed by atoms with Gasteiger partial charge in [0.1, 0.15) is 11.6 Å². The largest absolute Gasteiger partial charge is 0.497 e. The molecule has 130 valence electrons. The number of aromatic amines is 1. The van der Waals surface area contributed by atoms with Crippen LogP contribution >= 0.6 is 0 Å². The normalized spacial score (nSPS) is 15.6. The van der Waals surface area contributed by atoms with Crippen LogP contribution in [0.4, 0.5) is 0 Å². The van der Waals surface area contributed by atoms with Crippen LogP contribution in [0.5, 0.6) is 5.75 Å². The fourth-order valence-corrected chi connectivity index (χ4v) is 3.76. The molecular formula is C20H24N4O. The van der Waals surface area contributed by atoms with Crippen molar-refractivity contribution in [1.82, 2.24) is 20.3 Å². The molecule has 0 aliphatic carbocycles. The number of nitrogens with zero attached hydrogens (tertiary/aromatic N) is 2. The van der Waals surface area contributed by atoms with Gasteiger partial charge in [-0.3, -0.25) is 0 Å². The molecule has 2 N–H and O–H groups in total. The number of piperidine rings is 1. The van der Waals surface area contributed by atoms with E-state index < -0.39 is 0 Å². The lowest BCUT2D eigenvalue weighted by Crippen LogP contribution is -2.27. The second-order valence-corrected chi connectivity index (χ2v) is 6.76. The van der Waals surface area contributed by atoms with Crippen LogP contribution in [0.3, 0.4) is 0 Å². The van der Waals surface area contributed by atoms with Crippen LogP contribution in [0.1, 0.15) is 35.8 Å². The lowest BCUT2D eigenvalue weighted by atomic mass is 9.93. The van der Waals surface area contributed by atoms with Gasteiger partial charge in [-0.25, -0.2) is 9.97 Å². The Morgan fingerprint density at radius 3 is 2.44 bits per heavy atom. The SMILES string of the molecule is COc1ccc(-c2[nH]c3c(C4CCNCC4)nc(C)nc3c2C)cc1. The van der Waals surface area contributed by atoms with Crippen molar-refractivity contribution >= 4 is 11.0 Å². The molecule has 0 amide bonds. The second kappa shape index (κ2) is 6.48. The predicted octanol–water partition coefficient (Wildman–Crippen LogP) is 3.72. The zero-order chi connectivity index (χ0) is 17.4. The third-order valence-corrected chi connectivity index (χ3v) is 5.13. The summed E-state index contributed by atoms with van der Waals surface area (Å²) in [7, 11) is 1.69. The molecule has 0 unspecified atom stereocenters. The number of rotatable bonds is 3. The number of aromatic nitrogens is 3. The quantitative estimate of drug-likeness (QED) is 0.765. The van der Waals surface area contributed by atoms with E-state index in [-0.39, 0.29) is 0 Å². The van der Waals surface area contributed by atoms with Gasteiger partial charge >= 0.3 is 0 Å². The maximum absolute atomic E-state index is 5.27. The van der Waals surface area contributed by atoms with E-state index in [2.05, 4.69) is 29.4 Å². The Kier molecular flexibility index (Phi) is 4.17. The van der Waals surface area contributed by atoms with Gasteiger partial charge in [0, 0.05) is 11.5 Å². The van der Waals surface area contributed by atoms with Crippen molar-refractivity contribution in [3.63, 3.8) is 0 Å². The molecule has 25 heavy (non-hydrogen) atoms. The lowest BCUT2D eigenvalue weighted by Gasteiger charge is -2.22. The zero-order valence-corrected chi connectivity index (χ0v) is 15.0. The molecule has 0 atom stereocenters. The van der Waals surface area contributed by atoms with E-state index in [1.807, 2.05) is 19.1 Å². The molecule has 1 aliphatic rings. The first kappa shape index (κ1) is 16.1. The average Bonchev–Trinajstić information content (AvgIpc) is 2.98. The maximum Gasteiger partial charge on any atom is 0.126 e. The Bertz CT molecular complexity index is 892. The fourth-order valence-electron chi connectivity index (χ4n) is 3.76. The Morgan fingerprint density at radius 2 is 1.76 bits per heavy atom. The molecule has 3 aromatic rings. The van der Waals surface area contributed by atoms with E-state index >= 15 is 0 Å². The molecule has 3 heterocycles. The van der Waals surface area contributed by atoms with Gasteiger partial charge < -0.3 is 15.0 Å². The van der Waals surface area contributed by atoms with Crippen LogP contribution in [0, 0.1) is 13.8 Å². The van der Waals surface area contributed by atoms with Crippen LogP contribution in [-0.2, 0) is 0 Å². The number of fused-ring (bicyclic) bond motifs is 1. The zero-order valence-electron chi connectivity index (χ0n) is 15.0. The highest BCUT2D eigenvalue weighted by atomic mass is 16.5. The molecule has 0 bridgehead atoms. The molecule has 1 aromatic carbocycles. The molecule has 1 aliphatic heterocycles. The van der Waals surface area contributed by atoms with Gasteiger partial charge in [-0.2, -0.15) is 0 Å². The number of nitrogens with one attached hydrogen (secondary N) is 2. The Morgan fingerprint density at radius 1 is 1.04 bits per heavy atom. The number of ether oxygens (including phenoxy) is 1. The predicted molar refractivity (Wildman–Crippen MR) is 100 cm³/mol. The second-order valence-electron chi connectivity index (χ2n) is 6.76. The van der Waals surface area contributed by atoms with Crippen LogP contribution in [-0.4, -0.2) is 35.2 Å². The first-order valence-electron chi connectivity index (χ1n) is 8.89. The topological polar surface area (TPSA) is 62.8 Å². The van der Waals surface area contributed by atoms with E-state index in [0.717, 1.165) is 59.8 Å². The molecule has 1 saturated heterocycles. The molecular weight excluding hydrogens is 312 g/mol. The van der Waals surface area contributed by atoms with Gasteiger partial charge in [0.15, 0.2) is 0 Å². The van der Waals surface area contributed by atoms with Crippen molar-refractivity contribution in [2.24, 2.45) is 0 Å². The molecule has 1 fully saturated rings. The number of hydrogen-bond donors (Lipinski definition) is 2. The van der Waals surface area contributed by atoms with E-state index in [1.54, 1.807) is 7.11 Å². The first-order valence-corrected chi connectivity index (χ1v) is 8.89. The molecule has 2 aromatic heterocycles. The standard InChI is InChI=1S/C20H24N4O/c1-12-17(14-4-6-16(25-3)7-5-14)24-20-18(12)22-13(2)23-19(20)15-8-10-21-11-9-15/h4-7,15,21,24H,8-11H2,1-3H3. The van der Waals surface area contributed by atoms with Crippen LogP contribution in [0.25, 0.3) is 22.3 Å². The first-order chi connectivity index (χ1) is 12.2. The maximum atomic E-state index is 5.27. The van der Waals surface area contributed by atoms with E-state index in [9.17, 15) is 0 Å². The van der Waals surface area contributed by atoms with Gasteiger partial charge in [-0.05, 0) is 69.6 Å². The van der Waals surface area contributed by atoms with Crippen molar-refractivity contribution in [1.29, 1.82) is 0 Å². The summed E-state index contributed by atoms with van der Waals surface area (Å²) in [5.41, 5.74) is 6.76. The summed E-state index contributed by atoms with van der Waals surface area (Å²) in [6, 6.07) is 8.15. The fraction of sp³-hybridized carbons (Fsp3) is 0.400. The molecule has 0 radical (unpaired) electrons. The number of hydrogen-bond acceptors (Lipinski definition) is 4. The Labute approximate surface area is 147 Å². The highest BCUT2D eigenvalue weighted by Crippen LogP contribution is 2.35. The monoisotopic (exact) mass is 336 g/mol. The minimum absolute atomic E-state index is 0.493. The number of H-pyrrole nitrogens is 1. The van der Waals surface area contributed by atoms with Crippen molar-refractivity contribution in [3.05, 3.63) is 41.3 Å². The minimum atomic E-state index is 0.493. The average molecular weight is 336 g/mol. The van der Waals surface area contributed by atoms with E-state index in [4.69, 9.17) is 14.7 Å². The third kappa shape index (κ3) is 2.89. The number of benzene rings is 1. The Hall–Kier alpha value is -2.40. The van der Waals surface area contributed by atoms with Crippen molar-refractivity contribution < 1.29 is 4.74 Å². The Balaban J connectivity index is 1.85. The number of methoxy groups -OCH3 is 1. The highest BCUT2D eigenvalue weighted by Gasteiger charge is 2.23. The smallest absolute Gasteiger partial charge is 0.126 e. The molecule has 5 heteroatoms. The number of aryl methyl sites for hydroxylation is 2. The van der Waals surface area contributed by atoms with Gasteiger partial charge in [0.05, 0.1) is 29.5 Å². The highest BCUT2D eigenvalue weighted by molar-refractivity contribution is 5.89. The van der Waals surface area contributed by atoms with Gasteiger partial charge in [-0.1, -0.05) is 0 Å². The molecule has 0 saturated carbocycles. The van der Waals surface area contributed by atoms with Crippen LogP contribution in [0.2, 0.25) is 0 Å². The van der Waals surface area contributed by atoms with Crippen molar-refractivity contribution in [2.45, 2.75) is 32.6 Å². The summed E-state index contributed by atoms with van der Waals surface area (Å²) in [6.45, 7) is 6.24. The summed E-state index contributed by atoms with van der Waals surface area (Å²) in [5.74, 6) is 2.21. The summed E-state index contributed by atoms with van der Waals surface area (Å²) in [5, 5.41) is 3.43. The van der Waals surface area contributed by atoms with Crippen LogP contribution < -0.4 is 10.1 Å². The minimum Gasteiger partial charge on any atom is -0.497 e. The third-order valence-electron chi connectivity index (χ3n) is 5.13. The van der Waals surface area contributed by atoms with E-state index in [0.29, 0.717) is 5.92 Å². The summed E-state index contributed by atoms with van der Waals surface area (Å²) in [4.78, 5) is 13.2. The summed E-state index contributed by atoms with van der Waals surface area (Å²) < 4.78 is 5.27. The van der Waals surface area contributed by atoms with Gasteiger partial charge in [0.25, 0.3) is 0 Å². The van der Waals surface area contributed by atoms with Crippen molar-refractivity contribution in [3.8, 4) is 17.0 Å². The summed E-state index contributed by atoms with van der Waals surface area (Å²) >= 11 is 0. The lowest BCUT2D eigenvalue weighted by molar-refractivity contribution is 0.415. The van der Waals surface area contributed by atoms with Crippen LogP contribution in [0.15, 0.2) is 24.3 Å². The van der Waals surface area contributed by atoms with Gasteiger partial charge in [0.2, 0.25) is 0 Å². The molecule has 0 spiro atoms. The van der Waals surface area contributed by atoms with E-state index in [1.165, 1.54) is 11.3 Å². The molecule has 5 nitrogen and oxygen atoms in total.